The fourth-order valence-electron chi connectivity index (χ4n) is 1.05. The molecule has 86 valence electrons. The van der Waals surface area contributed by atoms with Gasteiger partial charge in [-0.1, -0.05) is 27.7 Å². The summed E-state index contributed by atoms with van der Waals surface area (Å²) in [5, 5.41) is 3.35. The van der Waals surface area contributed by atoms with E-state index in [2.05, 4.69) is 33.0 Å². The van der Waals surface area contributed by atoms with E-state index in [0.717, 1.165) is 13.2 Å². The second kappa shape index (κ2) is 8.21. The van der Waals surface area contributed by atoms with Crippen LogP contribution in [-0.4, -0.2) is 39.0 Å². The molecule has 0 fully saturated rings. The zero-order valence-corrected chi connectivity index (χ0v) is 10.2. The van der Waals surface area contributed by atoms with Crippen molar-refractivity contribution in [2.24, 2.45) is 5.92 Å². The summed E-state index contributed by atoms with van der Waals surface area (Å²) < 4.78 is 10.8. The Bertz CT molecular complexity index is 114. The van der Waals surface area contributed by atoms with Crippen LogP contribution in [0.25, 0.3) is 0 Å². The largest absolute Gasteiger partial charge is 0.382 e. The van der Waals surface area contributed by atoms with Crippen molar-refractivity contribution in [3.63, 3.8) is 0 Å². The van der Waals surface area contributed by atoms with E-state index in [4.69, 9.17) is 9.47 Å². The number of nitrogens with one attached hydrogen (secondary N) is 1. The van der Waals surface area contributed by atoms with Gasteiger partial charge in [-0.15, -0.1) is 0 Å². The van der Waals surface area contributed by atoms with Crippen LogP contribution in [0.15, 0.2) is 0 Å². The van der Waals surface area contributed by atoms with Crippen LogP contribution >= 0.6 is 0 Å². The summed E-state index contributed by atoms with van der Waals surface area (Å²) in [7, 11) is 1.71. The van der Waals surface area contributed by atoms with Gasteiger partial charge in [-0.25, -0.2) is 0 Å². The highest BCUT2D eigenvalue weighted by atomic mass is 16.5. The van der Waals surface area contributed by atoms with Crippen molar-refractivity contribution in [2.75, 3.05) is 26.9 Å². The van der Waals surface area contributed by atoms with Crippen molar-refractivity contribution in [3.8, 4) is 0 Å². The molecular formula is C11H25NO2. The standard InChI is InChI=1S/C11H25NO2/c1-9(2)7-14-11(8-13-5)6-12-10(3)4/h9-12H,6-8H2,1-5H3. The first-order valence-electron chi connectivity index (χ1n) is 5.40. The van der Waals surface area contributed by atoms with E-state index in [-0.39, 0.29) is 6.10 Å². The molecule has 1 N–H and O–H groups in total. The van der Waals surface area contributed by atoms with E-state index in [1.807, 2.05) is 0 Å². The number of ether oxygens (including phenoxy) is 2. The minimum absolute atomic E-state index is 0.171. The van der Waals surface area contributed by atoms with Crippen LogP contribution < -0.4 is 5.32 Å². The van der Waals surface area contributed by atoms with Crippen LogP contribution in [0, 0.1) is 5.92 Å². The van der Waals surface area contributed by atoms with Gasteiger partial charge in [0.2, 0.25) is 0 Å². The predicted octanol–water partition coefficient (Wildman–Crippen LogP) is 1.67. The lowest BCUT2D eigenvalue weighted by Crippen LogP contribution is -2.36. The molecule has 0 spiro atoms. The second-order valence-corrected chi connectivity index (χ2v) is 4.37. The van der Waals surface area contributed by atoms with E-state index >= 15 is 0 Å². The Hall–Kier alpha value is -0.120. The number of methoxy groups -OCH3 is 1. The highest BCUT2D eigenvalue weighted by Gasteiger charge is 2.09. The maximum atomic E-state index is 5.71. The van der Waals surface area contributed by atoms with Crippen LogP contribution in [0.4, 0.5) is 0 Å². The van der Waals surface area contributed by atoms with Crippen LogP contribution in [0.5, 0.6) is 0 Å². The minimum atomic E-state index is 0.171. The average molecular weight is 203 g/mol. The van der Waals surface area contributed by atoms with Gasteiger partial charge in [-0.3, -0.25) is 0 Å². The molecule has 0 aromatic rings. The minimum Gasteiger partial charge on any atom is -0.382 e. The molecule has 0 rings (SSSR count). The van der Waals surface area contributed by atoms with E-state index in [1.165, 1.54) is 0 Å². The quantitative estimate of drug-likeness (QED) is 0.651. The number of rotatable bonds is 8. The first kappa shape index (κ1) is 13.9. The summed E-state index contributed by atoms with van der Waals surface area (Å²) in [5.41, 5.74) is 0. The Morgan fingerprint density at radius 1 is 1.07 bits per heavy atom. The van der Waals surface area contributed by atoms with Gasteiger partial charge in [0.25, 0.3) is 0 Å². The van der Waals surface area contributed by atoms with Crippen LogP contribution in [0.2, 0.25) is 0 Å². The van der Waals surface area contributed by atoms with Crippen LogP contribution in [0.3, 0.4) is 0 Å². The third-order valence-corrected chi connectivity index (χ3v) is 1.77. The maximum Gasteiger partial charge on any atom is 0.0932 e. The lowest BCUT2D eigenvalue weighted by Gasteiger charge is -2.20. The molecule has 14 heavy (non-hydrogen) atoms. The number of hydrogen-bond donors (Lipinski definition) is 1. The van der Waals surface area contributed by atoms with Crippen molar-refractivity contribution in [3.05, 3.63) is 0 Å². The van der Waals surface area contributed by atoms with Crippen molar-refractivity contribution in [2.45, 2.75) is 39.8 Å². The van der Waals surface area contributed by atoms with E-state index in [1.54, 1.807) is 7.11 Å². The molecule has 0 amide bonds. The Balaban J connectivity index is 3.65. The van der Waals surface area contributed by atoms with Gasteiger partial charge in [-0.05, 0) is 5.92 Å². The third-order valence-electron chi connectivity index (χ3n) is 1.77. The molecule has 3 nitrogen and oxygen atoms in total. The highest BCUT2D eigenvalue weighted by Crippen LogP contribution is 1.98. The topological polar surface area (TPSA) is 30.5 Å². The Labute approximate surface area is 88.2 Å². The lowest BCUT2D eigenvalue weighted by atomic mass is 10.2. The normalized spacial score (nSPS) is 13.9. The van der Waals surface area contributed by atoms with Crippen LogP contribution in [-0.2, 0) is 9.47 Å². The Morgan fingerprint density at radius 3 is 2.14 bits per heavy atom. The van der Waals surface area contributed by atoms with Gasteiger partial charge >= 0.3 is 0 Å². The van der Waals surface area contributed by atoms with Crippen LogP contribution in [0.1, 0.15) is 27.7 Å². The van der Waals surface area contributed by atoms with Gasteiger partial charge in [0.05, 0.1) is 12.7 Å². The molecule has 1 atom stereocenters. The summed E-state index contributed by atoms with van der Waals surface area (Å²) >= 11 is 0. The zero-order chi connectivity index (χ0) is 11.0. The summed E-state index contributed by atoms with van der Waals surface area (Å²) in [4.78, 5) is 0. The molecule has 1 unspecified atom stereocenters. The van der Waals surface area contributed by atoms with E-state index in [0.29, 0.717) is 18.6 Å². The van der Waals surface area contributed by atoms with Gasteiger partial charge in [0, 0.05) is 26.3 Å². The fourth-order valence-corrected chi connectivity index (χ4v) is 1.05. The van der Waals surface area contributed by atoms with Crippen molar-refractivity contribution in [1.82, 2.24) is 5.32 Å². The van der Waals surface area contributed by atoms with E-state index in [9.17, 15) is 0 Å². The molecule has 0 aliphatic carbocycles. The first-order valence-corrected chi connectivity index (χ1v) is 5.40. The first-order chi connectivity index (χ1) is 6.56. The van der Waals surface area contributed by atoms with E-state index < -0.39 is 0 Å². The molecule has 0 bridgehead atoms. The SMILES string of the molecule is COCC(CNC(C)C)OCC(C)C. The second-order valence-electron chi connectivity index (χ2n) is 4.37. The molecule has 0 saturated carbocycles. The third kappa shape index (κ3) is 8.48. The molecule has 0 heterocycles. The van der Waals surface area contributed by atoms with Gasteiger partial charge < -0.3 is 14.8 Å². The summed E-state index contributed by atoms with van der Waals surface area (Å²) in [6.07, 6.45) is 0.171. The molecule has 0 aliphatic heterocycles. The lowest BCUT2D eigenvalue weighted by molar-refractivity contribution is -0.0125. The van der Waals surface area contributed by atoms with Gasteiger partial charge in [0.1, 0.15) is 0 Å². The Morgan fingerprint density at radius 2 is 1.71 bits per heavy atom. The molecule has 0 aromatic carbocycles. The molecular weight excluding hydrogens is 178 g/mol. The van der Waals surface area contributed by atoms with Gasteiger partial charge in [0.15, 0.2) is 0 Å². The highest BCUT2D eigenvalue weighted by molar-refractivity contribution is 4.63. The molecule has 0 radical (unpaired) electrons. The van der Waals surface area contributed by atoms with Crippen molar-refractivity contribution < 1.29 is 9.47 Å². The fraction of sp³-hybridized carbons (Fsp3) is 1.00. The molecule has 0 saturated heterocycles. The summed E-state index contributed by atoms with van der Waals surface area (Å²) in [5.74, 6) is 0.577. The Kier molecular flexibility index (Phi) is 8.14. The molecule has 3 heteroatoms. The molecule has 0 aromatic heterocycles. The summed E-state index contributed by atoms with van der Waals surface area (Å²) in [6.45, 7) is 10.9. The predicted molar refractivity (Wildman–Crippen MR) is 59.6 cm³/mol. The monoisotopic (exact) mass is 203 g/mol. The smallest absolute Gasteiger partial charge is 0.0932 e. The van der Waals surface area contributed by atoms with Gasteiger partial charge in [-0.2, -0.15) is 0 Å². The average Bonchev–Trinajstić information content (AvgIpc) is 2.09. The number of hydrogen-bond acceptors (Lipinski definition) is 3. The zero-order valence-electron chi connectivity index (χ0n) is 10.2. The van der Waals surface area contributed by atoms with Crippen molar-refractivity contribution in [1.29, 1.82) is 0 Å². The molecule has 0 aliphatic rings. The maximum absolute atomic E-state index is 5.71. The van der Waals surface area contributed by atoms with Crippen molar-refractivity contribution >= 4 is 0 Å². The summed E-state index contributed by atoms with van der Waals surface area (Å²) in [6, 6.07) is 0.497.